The van der Waals surface area contributed by atoms with Crippen LogP contribution >= 0.6 is 0 Å². The summed E-state index contributed by atoms with van der Waals surface area (Å²) < 4.78 is 0. The van der Waals surface area contributed by atoms with Gasteiger partial charge in [0, 0.05) is 25.0 Å². The van der Waals surface area contributed by atoms with Crippen LogP contribution < -0.4 is 5.32 Å². The van der Waals surface area contributed by atoms with Gasteiger partial charge in [-0.15, -0.1) is 0 Å². The molecule has 1 atom stereocenters. The topological polar surface area (TPSA) is 60.9 Å². The van der Waals surface area contributed by atoms with Crippen molar-refractivity contribution >= 4 is 0 Å². The first kappa shape index (κ1) is 13.2. The van der Waals surface area contributed by atoms with E-state index < -0.39 is 0 Å². The van der Waals surface area contributed by atoms with Crippen LogP contribution in [0.5, 0.6) is 0 Å². The van der Waals surface area contributed by atoms with Crippen molar-refractivity contribution in [1.29, 1.82) is 0 Å². The van der Waals surface area contributed by atoms with E-state index in [0.29, 0.717) is 11.8 Å². The van der Waals surface area contributed by atoms with Gasteiger partial charge in [-0.3, -0.25) is 5.10 Å². The molecule has 0 aliphatic heterocycles. The Balaban J connectivity index is 2.21. The van der Waals surface area contributed by atoms with Gasteiger partial charge in [-0.05, 0) is 37.3 Å². The lowest BCUT2D eigenvalue weighted by Gasteiger charge is -2.18. The maximum Gasteiger partial charge on any atom is 0.0490 e. The summed E-state index contributed by atoms with van der Waals surface area (Å²) in [7, 11) is 0. The molecule has 3 N–H and O–H groups in total. The summed E-state index contributed by atoms with van der Waals surface area (Å²) in [5.74, 6) is 1.25. The molecule has 0 bridgehead atoms. The molecule has 92 valence electrons. The van der Waals surface area contributed by atoms with Gasteiger partial charge in [-0.2, -0.15) is 5.10 Å². The van der Waals surface area contributed by atoms with Gasteiger partial charge in [0.05, 0.1) is 0 Å². The lowest BCUT2D eigenvalue weighted by Crippen LogP contribution is -2.24. The number of hydrogen-bond acceptors (Lipinski definition) is 3. The van der Waals surface area contributed by atoms with Crippen molar-refractivity contribution in [2.45, 2.75) is 33.2 Å². The number of H-pyrrole nitrogens is 1. The fourth-order valence-electron chi connectivity index (χ4n) is 1.95. The number of aromatic nitrogens is 2. The molecule has 4 nitrogen and oxygen atoms in total. The Bertz CT molecular complexity index is 259. The molecule has 0 aliphatic carbocycles. The maximum absolute atomic E-state index is 8.99. The molecule has 0 aliphatic rings. The predicted octanol–water partition coefficient (Wildman–Crippen LogP) is 1.54. The van der Waals surface area contributed by atoms with Gasteiger partial charge in [0.1, 0.15) is 0 Å². The molecule has 0 aromatic carbocycles. The third-order valence-electron chi connectivity index (χ3n) is 2.65. The molecule has 1 rings (SSSR count). The zero-order valence-corrected chi connectivity index (χ0v) is 10.2. The summed E-state index contributed by atoms with van der Waals surface area (Å²) in [5.41, 5.74) is 1.10. The van der Waals surface area contributed by atoms with Crippen molar-refractivity contribution in [3.05, 3.63) is 18.0 Å². The molecule has 1 unspecified atom stereocenters. The maximum atomic E-state index is 8.99. The molecular formula is C12H23N3O. The lowest BCUT2D eigenvalue weighted by atomic mass is 9.94. The van der Waals surface area contributed by atoms with E-state index in [-0.39, 0.29) is 6.61 Å². The van der Waals surface area contributed by atoms with Crippen LogP contribution in [0.2, 0.25) is 0 Å². The zero-order chi connectivity index (χ0) is 11.8. The van der Waals surface area contributed by atoms with Crippen LogP contribution in [0.1, 0.15) is 32.4 Å². The minimum Gasteiger partial charge on any atom is -0.396 e. The Hall–Kier alpha value is -0.870. The smallest absolute Gasteiger partial charge is 0.0490 e. The highest BCUT2D eigenvalue weighted by Crippen LogP contribution is 2.14. The highest BCUT2D eigenvalue weighted by molar-refractivity contribution is 4.96. The van der Waals surface area contributed by atoms with Gasteiger partial charge in [0.2, 0.25) is 0 Å². The molecule has 0 spiro atoms. The van der Waals surface area contributed by atoms with Crippen molar-refractivity contribution in [2.24, 2.45) is 11.8 Å². The number of nitrogens with one attached hydrogen (secondary N) is 2. The molecule has 16 heavy (non-hydrogen) atoms. The van der Waals surface area contributed by atoms with Gasteiger partial charge >= 0.3 is 0 Å². The second kappa shape index (κ2) is 7.41. The van der Waals surface area contributed by atoms with Crippen LogP contribution in [-0.2, 0) is 6.54 Å². The fourth-order valence-corrected chi connectivity index (χ4v) is 1.95. The van der Waals surface area contributed by atoms with E-state index in [2.05, 4.69) is 29.4 Å². The average molecular weight is 225 g/mol. The van der Waals surface area contributed by atoms with Crippen molar-refractivity contribution in [1.82, 2.24) is 15.5 Å². The van der Waals surface area contributed by atoms with Crippen LogP contribution in [-0.4, -0.2) is 28.5 Å². The van der Waals surface area contributed by atoms with E-state index in [1.165, 1.54) is 0 Å². The monoisotopic (exact) mass is 225 g/mol. The third-order valence-corrected chi connectivity index (χ3v) is 2.65. The fraction of sp³-hybridized carbons (Fsp3) is 0.750. The highest BCUT2D eigenvalue weighted by atomic mass is 16.3. The quantitative estimate of drug-likeness (QED) is 0.629. The van der Waals surface area contributed by atoms with Crippen molar-refractivity contribution in [3.8, 4) is 0 Å². The van der Waals surface area contributed by atoms with Gasteiger partial charge in [0.25, 0.3) is 0 Å². The molecule has 1 aromatic heterocycles. The number of hydrogen-bond donors (Lipinski definition) is 3. The number of nitrogens with zero attached hydrogens (tertiary/aromatic N) is 1. The van der Waals surface area contributed by atoms with E-state index in [1.807, 2.05) is 6.07 Å². The van der Waals surface area contributed by atoms with Crippen LogP contribution in [0, 0.1) is 11.8 Å². The van der Waals surface area contributed by atoms with Gasteiger partial charge < -0.3 is 10.4 Å². The predicted molar refractivity (Wildman–Crippen MR) is 64.9 cm³/mol. The Kier molecular flexibility index (Phi) is 6.11. The van der Waals surface area contributed by atoms with Crippen molar-refractivity contribution in [2.75, 3.05) is 13.2 Å². The van der Waals surface area contributed by atoms with Gasteiger partial charge in [-0.1, -0.05) is 13.8 Å². The third kappa shape index (κ3) is 5.28. The van der Waals surface area contributed by atoms with E-state index in [0.717, 1.165) is 31.6 Å². The summed E-state index contributed by atoms with van der Waals surface area (Å²) in [6, 6.07) is 1.97. The van der Waals surface area contributed by atoms with Crippen LogP contribution in [0.3, 0.4) is 0 Å². The summed E-state index contributed by atoms with van der Waals surface area (Å²) in [5, 5.41) is 19.2. The molecule has 0 saturated heterocycles. The van der Waals surface area contributed by atoms with Crippen molar-refractivity contribution < 1.29 is 5.11 Å². The zero-order valence-electron chi connectivity index (χ0n) is 10.2. The Labute approximate surface area is 97.5 Å². The summed E-state index contributed by atoms with van der Waals surface area (Å²) in [6.07, 6.45) is 3.81. The highest BCUT2D eigenvalue weighted by Gasteiger charge is 2.10. The first-order chi connectivity index (χ1) is 7.72. The SMILES string of the molecule is CC(C)CC(CCO)CNCc1ccn[nH]1. The summed E-state index contributed by atoms with van der Waals surface area (Å²) in [4.78, 5) is 0. The van der Waals surface area contributed by atoms with Gasteiger partial charge in [0.15, 0.2) is 0 Å². The number of aromatic amines is 1. The van der Waals surface area contributed by atoms with Crippen molar-refractivity contribution in [3.63, 3.8) is 0 Å². The van der Waals surface area contributed by atoms with Crippen LogP contribution in [0.25, 0.3) is 0 Å². The number of aliphatic hydroxyl groups excluding tert-OH is 1. The second-order valence-electron chi connectivity index (χ2n) is 4.72. The molecule has 0 fully saturated rings. The molecule has 0 radical (unpaired) electrons. The summed E-state index contributed by atoms with van der Waals surface area (Å²) >= 11 is 0. The minimum atomic E-state index is 0.281. The van der Waals surface area contributed by atoms with E-state index in [4.69, 9.17) is 5.11 Å². The lowest BCUT2D eigenvalue weighted by molar-refractivity contribution is 0.239. The Morgan fingerprint density at radius 3 is 2.88 bits per heavy atom. The Morgan fingerprint density at radius 2 is 2.31 bits per heavy atom. The molecule has 0 saturated carbocycles. The Morgan fingerprint density at radius 1 is 1.50 bits per heavy atom. The van der Waals surface area contributed by atoms with Crippen LogP contribution in [0.15, 0.2) is 12.3 Å². The minimum absolute atomic E-state index is 0.281. The average Bonchev–Trinajstić information content (AvgIpc) is 2.70. The molecular weight excluding hydrogens is 202 g/mol. The molecule has 0 amide bonds. The van der Waals surface area contributed by atoms with Gasteiger partial charge in [-0.25, -0.2) is 0 Å². The first-order valence-electron chi connectivity index (χ1n) is 6.02. The molecule has 1 heterocycles. The molecule has 4 heteroatoms. The normalized spacial score (nSPS) is 13.2. The van der Waals surface area contributed by atoms with Crippen LogP contribution in [0.4, 0.5) is 0 Å². The summed E-state index contributed by atoms with van der Waals surface area (Å²) in [6.45, 7) is 6.50. The van der Waals surface area contributed by atoms with E-state index >= 15 is 0 Å². The first-order valence-corrected chi connectivity index (χ1v) is 6.02. The van der Waals surface area contributed by atoms with E-state index in [9.17, 15) is 0 Å². The number of aliphatic hydroxyl groups is 1. The largest absolute Gasteiger partial charge is 0.396 e. The second-order valence-corrected chi connectivity index (χ2v) is 4.72. The van der Waals surface area contributed by atoms with E-state index in [1.54, 1.807) is 6.20 Å². The standard InChI is InChI=1S/C12H23N3O/c1-10(2)7-11(4-6-16)8-13-9-12-3-5-14-15-12/h3,5,10-11,13,16H,4,6-9H2,1-2H3,(H,14,15). The molecule has 1 aromatic rings. The number of rotatable bonds is 8.